The van der Waals surface area contributed by atoms with Crippen LogP contribution in [0.1, 0.15) is 11.1 Å². The molecule has 0 unspecified atom stereocenters. The van der Waals surface area contributed by atoms with Gasteiger partial charge in [0, 0.05) is 6.21 Å². The van der Waals surface area contributed by atoms with Crippen molar-refractivity contribution >= 4 is 11.8 Å². The van der Waals surface area contributed by atoms with E-state index in [1.807, 2.05) is 18.2 Å². The van der Waals surface area contributed by atoms with Crippen LogP contribution in [0.3, 0.4) is 0 Å². The maximum atomic E-state index is 6.85. The predicted octanol–water partition coefficient (Wildman–Crippen LogP) is 3.21. The predicted molar refractivity (Wildman–Crippen MR) is 58.1 cm³/mol. The molecule has 13 heavy (non-hydrogen) atoms. The van der Waals surface area contributed by atoms with Crippen LogP contribution in [0.4, 0.5) is 0 Å². The Morgan fingerprint density at radius 1 is 1.46 bits per heavy atom. The molecule has 0 spiro atoms. The van der Waals surface area contributed by atoms with Gasteiger partial charge >= 0.3 is 0 Å². The zero-order chi connectivity index (χ0) is 9.68. The van der Waals surface area contributed by atoms with Crippen LogP contribution in [0.25, 0.3) is 5.57 Å². The van der Waals surface area contributed by atoms with Crippen molar-refractivity contribution in [2.45, 2.75) is 6.92 Å². The molecule has 0 saturated carbocycles. The Kier molecular flexibility index (Phi) is 3.21. The Hall–Kier alpha value is -1.63. The third-order valence-corrected chi connectivity index (χ3v) is 1.78. The van der Waals surface area contributed by atoms with Gasteiger partial charge in [-0.05, 0) is 24.1 Å². The summed E-state index contributed by atoms with van der Waals surface area (Å²) in [5, 5.41) is 6.85. The molecule has 0 aliphatic carbocycles. The zero-order valence-electron chi connectivity index (χ0n) is 7.75. The molecule has 0 bridgehead atoms. The van der Waals surface area contributed by atoms with E-state index in [1.54, 1.807) is 6.08 Å². The van der Waals surface area contributed by atoms with E-state index in [4.69, 9.17) is 5.41 Å². The minimum atomic E-state index is 0.937. The van der Waals surface area contributed by atoms with E-state index >= 15 is 0 Å². The molecule has 0 heterocycles. The number of rotatable bonds is 3. The van der Waals surface area contributed by atoms with Crippen molar-refractivity contribution in [1.29, 1.82) is 5.41 Å². The van der Waals surface area contributed by atoms with Crippen molar-refractivity contribution in [3.8, 4) is 0 Å². The van der Waals surface area contributed by atoms with Gasteiger partial charge in [-0.25, -0.2) is 0 Å². The molecule has 1 heteroatoms. The van der Waals surface area contributed by atoms with Gasteiger partial charge < -0.3 is 5.41 Å². The first kappa shape index (κ1) is 9.46. The highest BCUT2D eigenvalue weighted by Crippen LogP contribution is 2.14. The van der Waals surface area contributed by atoms with Gasteiger partial charge in [-0.2, -0.15) is 0 Å². The lowest BCUT2D eigenvalue weighted by molar-refractivity contribution is 1.45. The van der Waals surface area contributed by atoms with Crippen molar-refractivity contribution in [3.63, 3.8) is 0 Å². The molecule has 1 rings (SSSR count). The zero-order valence-corrected chi connectivity index (χ0v) is 7.75. The van der Waals surface area contributed by atoms with E-state index in [0.717, 1.165) is 11.1 Å². The van der Waals surface area contributed by atoms with Crippen LogP contribution in [0.15, 0.2) is 43.0 Å². The molecule has 1 N–H and O–H groups in total. The maximum absolute atomic E-state index is 6.85. The van der Waals surface area contributed by atoms with Gasteiger partial charge in [0.2, 0.25) is 0 Å². The largest absolute Gasteiger partial charge is 0.309 e. The topological polar surface area (TPSA) is 23.9 Å². The summed E-state index contributed by atoms with van der Waals surface area (Å²) in [6, 6.07) is 8.16. The van der Waals surface area contributed by atoms with Crippen molar-refractivity contribution in [1.82, 2.24) is 0 Å². The Morgan fingerprint density at radius 2 is 2.23 bits per heavy atom. The van der Waals surface area contributed by atoms with Crippen LogP contribution < -0.4 is 0 Å². The molecule has 0 aliphatic heterocycles. The highest BCUT2D eigenvalue weighted by Gasteiger charge is 1.93. The molecule has 0 atom stereocenters. The molecular formula is C12H13N. The molecule has 0 aromatic heterocycles. The van der Waals surface area contributed by atoms with Crippen molar-refractivity contribution in [2.75, 3.05) is 0 Å². The fourth-order valence-electron chi connectivity index (χ4n) is 1.11. The SMILES string of the molecule is C=C(/C=C\C=N)c1cccc(C)c1. The van der Waals surface area contributed by atoms with Gasteiger partial charge in [0.15, 0.2) is 0 Å². The van der Waals surface area contributed by atoms with E-state index in [0.29, 0.717) is 0 Å². The highest BCUT2D eigenvalue weighted by molar-refractivity contribution is 5.79. The summed E-state index contributed by atoms with van der Waals surface area (Å²) >= 11 is 0. The second-order valence-electron chi connectivity index (χ2n) is 2.92. The van der Waals surface area contributed by atoms with Crippen LogP contribution in [0, 0.1) is 12.3 Å². The summed E-state index contributed by atoms with van der Waals surface area (Å²) < 4.78 is 0. The standard InChI is InChI=1S/C12H13N/c1-10-5-3-7-12(9-10)11(2)6-4-8-13/h3-9,13H,2H2,1H3/b6-4-,13-8?. The summed E-state index contributed by atoms with van der Waals surface area (Å²) in [5.74, 6) is 0. The summed E-state index contributed by atoms with van der Waals surface area (Å²) in [7, 11) is 0. The van der Waals surface area contributed by atoms with E-state index in [-0.39, 0.29) is 0 Å². The van der Waals surface area contributed by atoms with Crippen LogP contribution in [-0.4, -0.2) is 6.21 Å². The van der Waals surface area contributed by atoms with Gasteiger partial charge in [0.05, 0.1) is 0 Å². The number of benzene rings is 1. The van der Waals surface area contributed by atoms with E-state index in [9.17, 15) is 0 Å². The number of hydrogen-bond donors (Lipinski definition) is 1. The second kappa shape index (κ2) is 4.41. The van der Waals surface area contributed by atoms with Gasteiger partial charge in [0.1, 0.15) is 0 Å². The highest BCUT2D eigenvalue weighted by atomic mass is 14.3. The molecule has 1 aromatic rings. The van der Waals surface area contributed by atoms with Crippen LogP contribution in [0.2, 0.25) is 0 Å². The number of hydrogen-bond acceptors (Lipinski definition) is 1. The molecule has 0 radical (unpaired) electrons. The fourth-order valence-corrected chi connectivity index (χ4v) is 1.11. The quantitative estimate of drug-likeness (QED) is 0.533. The molecule has 1 nitrogen and oxygen atoms in total. The van der Waals surface area contributed by atoms with E-state index in [1.165, 1.54) is 11.8 Å². The molecule has 0 aliphatic rings. The lowest BCUT2D eigenvalue weighted by atomic mass is 10.1. The minimum absolute atomic E-state index is 0.937. The smallest absolute Gasteiger partial charge is 0.0177 e. The Balaban J connectivity index is 2.89. The summed E-state index contributed by atoms with van der Waals surface area (Å²) in [6.45, 7) is 5.97. The van der Waals surface area contributed by atoms with Gasteiger partial charge in [-0.15, -0.1) is 0 Å². The second-order valence-corrected chi connectivity index (χ2v) is 2.92. The van der Waals surface area contributed by atoms with Crippen LogP contribution in [0.5, 0.6) is 0 Å². The normalized spacial score (nSPS) is 10.2. The van der Waals surface area contributed by atoms with Gasteiger partial charge in [-0.1, -0.05) is 42.5 Å². The Morgan fingerprint density at radius 3 is 2.85 bits per heavy atom. The molecule has 0 fully saturated rings. The van der Waals surface area contributed by atoms with Crippen LogP contribution in [-0.2, 0) is 0 Å². The van der Waals surface area contributed by atoms with Crippen molar-refractivity contribution < 1.29 is 0 Å². The third-order valence-electron chi connectivity index (χ3n) is 1.78. The Labute approximate surface area is 78.9 Å². The molecule has 1 aromatic carbocycles. The first-order valence-electron chi connectivity index (χ1n) is 4.17. The lowest BCUT2D eigenvalue weighted by Gasteiger charge is -2.00. The molecule has 0 amide bonds. The Bertz CT molecular complexity index is 348. The fraction of sp³-hybridized carbons (Fsp3) is 0.0833. The summed E-state index contributed by atoms with van der Waals surface area (Å²) in [6.07, 6.45) is 4.76. The molecular weight excluding hydrogens is 158 g/mol. The van der Waals surface area contributed by atoms with Gasteiger partial charge in [-0.3, -0.25) is 0 Å². The van der Waals surface area contributed by atoms with E-state index < -0.39 is 0 Å². The first-order chi connectivity index (χ1) is 6.24. The van der Waals surface area contributed by atoms with Crippen molar-refractivity contribution in [2.24, 2.45) is 0 Å². The monoisotopic (exact) mass is 171 g/mol. The average Bonchev–Trinajstić information content (AvgIpc) is 2.14. The lowest BCUT2D eigenvalue weighted by Crippen LogP contribution is -1.80. The molecule has 66 valence electrons. The van der Waals surface area contributed by atoms with Gasteiger partial charge in [0.25, 0.3) is 0 Å². The number of allylic oxidation sites excluding steroid dienone is 3. The maximum Gasteiger partial charge on any atom is 0.0177 e. The third kappa shape index (κ3) is 2.71. The summed E-state index contributed by atoms with van der Waals surface area (Å²) in [5.41, 5.74) is 3.27. The van der Waals surface area contributed by atoms with E-state index in [2.05, 4.69) is 25.6 Å². The van der Waals surface area contributed by atoms with Crippen LogP contribution >= 0.6 is 0 Å². The molecule has 0 saturated heterocycles. The van der Waals surface area contributed by atoms with Crippen molar-refractivity contribution in [3.05, 3.63) is 54.1 Å². The summed E-state index contributed by atoms with van der Waals surface area (Å²) in [4.78, 5) is 0. The first-order valence-corrected chi connectivity index (χ1v) is 4.17. The number of nitrogens with one attached hydrogen (secondary N) is 1. The number of aryl methyl sites for hydroxylation is 1. The minimum Gasteiger partial charge on any atom is -0.309 e. The average molecular weight is 171 g/mol.